The first-order valence-electron chi connectivity index (χ1n) is 6.36. The van der Waals surface area contributed by atoms with Crippen LogP contribution in [0.5, 0.6) is 0 Å². The van der Waals surface area contributed by atoms with Crippen molar-refractivity contribution in [2.45, 2.75) is 38.8 Å². The number of azide groups is 1. The Labute approximate surface area is 117 Å². The molecule has 0 aliphatic carbocycles. The van der Waals surface area contributed by atoms with Crippen LogP contribution >= 0.6 is 0 Å². The van der Waals surface area contributed by atoms with Crippen LogP contribution in [-0.2, 0) is 14.3 Å². The lowest BCUT2D eigenvalue weighted by atomic mass is 9.95. The molecule has 1 rings (SSSR count). The maximum absolute atomic E-state index is 12.0. The topological polar surface area (TPSA) is 105 Å². The predicted octanol–water partition coefficient (Wildman–Crippen LogP) is 2.10. The second-order valence-corrected chi connectivity index (χ2v) is 5.70. The van der Waals surface area contributed by atoms with Crippen molar-refractivity contribution in [2.24, 2.45) is 11.0 Å². The van der Waals surface area contributed by atoms with E-state index in [-0.39, 0.29) is 13.1 Å². The minimum Gasteiger partial charge on any atom is -0.469 e. The van der Waals surface area contributed by atoms with Crippen LogP contribution in [0, 0.1) is 5.92 Å². The van der Waals surface area contributed by atoms with E-state index in [1.54, 1.807) is 20.8 Å². The van der Waals surface area contributed by atoms with Gasteiger partial charge in [-0.15, -0.1) is 0 Å². The first-order chi connectivity index (χ1) is 9.26. The van der Waals surface area contributed by atoms with Gasteiger partial charge in [0.05, 0.1) is 19.1 Å². The van der Waals surface area contributed by atoms with Crippen LogP contribution in [-0.4, -0.2) is 48.8 Å². The van der Waals surface area contributed by atoms with E-state index in [1.165, 1.54) is 12.0 Å². The number of likely N-dealkylation sites (tertiary alicyclic amines) is 1. The maximum atomic E-state index is 12.0. The molecule has 8 nitrogen and oxygen atoms in total. The van der Waals surface area contributed by atoms with E-state index in [9.17, 15) is 9.59 Å². The molecular formula is C12H20N4O4. The van der Waals surface area contributed by atoms with E-state index >= 15 is 0 Å². The van der Waals surface area contributed by atoms with Crippen molar-refractivity contribution in [1.29, 1.82) is 0 Å². The van der Waals surface area contributed by atoms with Crippen LogP contribution in [0.1, 0.15) is 27.2 Å². The normalized spacial score (nSPS) is 22.7. The number of carbonyl (C=O) groups is 2. The SMILES string of the molecule is COC(=O)C1CC(N=[N+]=[N-])CN(C(=O)OC(C)(C)C)C1. The van der Waals surface area contributed by atoms with Gasteiger partial charge in [0.2, 0.25) is 0 Å². The lowest BCUT2D eigenvalue weighted by molar-refractivity contribution is -0.147. The number of hydrogen-bond donors (Lipinski definition) is 0. The summed E-state index contributed by atoms with van der Waals surface area (Å²) in [6.45, 7) is 5.73. The molecule has 112 valence electrons. The molecule has 1 saturated heterocycles. The van der Waals surface area contributed by atoms with Crippen molar-refractivity contribution < 1.29 is 19.1 Å². The van der Waals surface area contributed by atoms with E-state index < -0.39 is 29.6 Å². The molecule has 2 atom stereocenters. The van der Waals surface area contributed by atoms with Gasteiger partial charge in [0, 0.05) is 18.0 Å². The summed E-state index contributed by atoms with van der Waals surface area (Å²) in [5.41, 5.74) is 7.90. The first kappa shape index (κ1) is 16.1. The van der Waals surface area contributed by atoms with Crippen LogP contribution in [0.4, 0.5) is 4.79 Å². The van der Waals surface area contributed by atoms with Gasteiger partial charge in [0.15, 0.2) is 0 Å². The highest BCUT2D eigenvalue weighted by atomic mass is 16.6. The fourth-order valence-corrected chi connectivity index (χ4v) is 2.04. The van der Waals surface area contributed by atoms with Gasteiger partial charge in [-0.2, -0.15) is 0 Å². The molecule has 0 radical (unpaired) electrons. The molecule has 0 bridgehead atoms. The summed E-state index contributed by atoms with van der Waals surface area (Å²) in [5, 5.41) is 3.60. The zero-order chi connectivity index (χ0) is 15.3. The van der Waals surface area contributed by atoms with Gasteiger partial charge in [-0.1, -0.05) is 5.11 Å². The van der Waals surface area contributed by atoms with E-state index in [0.29, 0.717) is 6.42 Å². The quantitative estimate of drug-likeness (QED) is 0.335. The molecule has 1 aliphatic heterocycles. The van der Waals surface area contributed by atoms with Crippen molar-refractivity contribution in [1.82, 2.24) is 4.90 Å². The third-order valence-electron chi connectivity index (χ3n) is 2.83. The molecule has 0 aromatic heterocycles. The molecule has 1 amide bonds. The summed E-state index contributed by atoms with van der Waals surface area (Å²) in [5.74, 6) is -0.923. The molecule has 2 unspecified atom stereocenters. The van der Waals surface area contributed by atoms with Crippen LogP contribution < -0.4 is 0 Å². The Kier molecular flexibility index (Phi) is 5.21. The van der Waals surface area contributed by atoms with Gasteiger partial charge in [-0.05, 0) is 32.7 Å². The number of ether oxygens (including phenoxy) is 2. The number of piperidine rings is 1. The van der Waals surface area contributed by atoms with E-state index in [4.69, 9.17) is 15.0 Å². The molecule has 0 aromatic rings. The second kappa shape index (κ2) is 6.47. The highest BCUT2D eigenvalue weighted by Gasteiger charge is 2.35. The van der Waals surface area contributed by atoms with Gasteiger partial charge in [-0.25, -0.2) is 4.79 Å². The maximum Gasteiger partial charge on any atom is 0.410 e. The zero-order valence-corrected chi connectivity index (χ0v) is 12.2. The number of hydrogen-bond acceptors (Lipinski definition) is 5. The number of esters is 1. The van der Waals surface area contributed by atoms with Crippen molar-refractivity contribution in [3.05, 3.63) is 10.4 Å². The summed E-state index contributed by atoms with van der Waals surface area (Å²) in [6.07, 6.45) is -0.153. The molecule has 8 heteroatoms. The molecule has 1 aliphatic rings. The third-order valence-corrected chi connectivity index (χ3v) is 2.83. The van der Waals surface area contributed by atoms with Gasteiger partial charge in [0.25, 0.3) is 0 Å². The summed E-state index contributed by atoms with van der Waals surface area (Å²) in [7, 11) is 1.29. The number of nitrogens with zero attached hydrogens (tertiary/aromatic N) is 4. The number of rotatable bonds is 2. The van der Waals surface area contributed by atoms with Crippen LogP contribution in [0.2, 0.25) is 0 Å². The average molecular weight is 284 g/mol. The lowest BCUT2D eigenvalue weighted by Crippen LogP contribution is -2.49. The van der Waals surface area contributed by atoms with Gasteiger partial charge >= 0.3 is 12.1 Å². The molecular weight excluding hydrogens is 264 g/mol. The van der Waals surface area contributed by atoms with E-state index in [1.807, 2.05) is 0 Å². The Balaban J connectivity index is 2.81. The molecule has 1 fully saturated rings. The van der Waals surface area contributed by atoms with Crippen LogP contribution in [0.25, 0.3) is 10.4 Å². The Bertz CT molecular complexity index is 426. The largest absolute Gasteiger partial charge is 0.469 e. The van der Waals surface area contributed by atoms with Crippen LogP contribution in [0.15, 0.2) is 5.11 Å². The molecule has 1 heterocycles. The van der Waals surface area contributed by atoms with E-state index in [2.05, 4.69) is 10.0 Å². The number of amides is 1. The molecule has 0 spiro atoms. The minimum absolute atomic E-state index is 0.207. The monoisotopic (exact) mass is 284 g/mol. The molecule has 0 saturated carbocycles. The van der Waals surface area contributed by atoms with Crippen molar-refractivity contribution in [3.63, 3.8) is 0 Å². The van der Waals surface area contributed by atoms with Crippen LogP contribution in [0.3, 0.4) is 0 Å². The second-order valence-electron chi connectivity index (χ2n) is 5.70. The molecule has 0 N–H and O–H groups in total. The number of carbonyl (C=O) groups excluding carboxylic acids is 2. The Morgan fingerprint density at radius 2 is 2.00 bits per heavy atom. The average Bonchev–Trinajstić information content (AvgIpc) is 2.35. The lowest BCUT2D eigenvalue weighted by Gasteiger charge is -2.35. The highest BCUT2D eigenvalue weighted by molar-refractivity contribution is 5.75. The molecule has 20 heavy (non-hydrogen) atoms. The Morgan fingerprint density at radius 3 is 2.50 bits per heavy atom. The van der Waals surface area contributed by atoms with Crippen molar-refractivity contribution >= 4 is 12.1 Å². The van der Waals surface area contributed by atoms with Gasteiger partial charge < -0.3 is 14.4 Å². The fourth-order valence-electron chi connectivity index (χ4n) is 2.04. The summed E-state index contributed by atoms with van der Waals surface area (Å²) < 4.78 is 9.96. The molecule has 0 aromatic carbocycles. The smallest absolute Gasteiger partial charge is 0.410 e. The van der Waals surface area contributed by atoms with Crippen molar-refractivity contribution in [3.8, 4) is 0 Å². The fraction of sp³-hybridized carbons (Fsp3) is 0.833. The highest BCUT2D eigenvalue weighted by Crippen LogP contribution is 2.22. The first-order valence-corrected chi connectivity index (χ1v) is 6.36. The summed E-state index contributed by atoms with van der Waals surface area (Å²) in [4.78, 5) is 27.8. The zero-order valence-electron chi connectivity index (χ0n) is 12.2. The van der Waals surface area contributed by atoms with Crippen molar-refractivity contribution in [2.75, 3.05) is 20.2 Å². The van der Waals surface area contributed by atoms with E-state index in [0.717, 1.165) is 0 Å². The third kappa shape index (κ3) is 4.62. The Morgan fingerprint density at radius 1 is 1.35 bits per heavy atom. The van der Waals surface area contributed by atoms with Gasteiger partial charge in [-0.3, -0.25) is 4.79 Å². The predicted molar refractivity (Wildman–Crippen MR) is 70.9 cm³/mol. The summed E-state index contributed by atoms with van der Waals surface area (Å²) >= 11 is 0. The Hall–Kier alpha value is -1.95. The van der Waals surface area contributed by atoms with Gasteiger partial charge in [0.1, 0.15) is 5.60 Å². The number of methoxy groups -OCH3 is 1. The minimum atomic E-state index is -0.622. The summed E-state index contributed by atoms with van der Waals surface area (Å²) in [6, 6.07) is -0.453. The standard InChI is InChI=1S/C12H20N4O4/c1-12(2,3)20-11(18)16-6-8(10(17)19-4)5-9(7-16)14-15-13/h8-9H,5-7H2,1-4H3.